The molecule has 6 atom stereocenters. The largest absolute Gasteiger partial charge is 0.469 e. The van der Waals surface area contributed by atoms with E-state index in [0.717, 1.165) is 25.7 Å². The molecule has 3 aliphatic carbocycles. The summed E-state index contributed by atoms with van der Waals surface area (Å²) >= 11 is 0. The Kier molecular flexibility index (Phi) is 2.83. The number of hydrogen-bond acceptors (Lipinski definition) is 4. The lowest BCUT2D eigenvalue weighted by Gasteiger charge is -2.31. The van der Waals surface area contributed by atoms with Crippen molar-refractivity contribution in [2.24, 2.45) is 35.5 Å². The molecule has 0 heterocycles. The summed E-state index contributed by atoms with van der Waals surface area (Å²) in [6.07, 6.45) is 4.01. The first-order valence-electron chi connectivity index (χ1n) is 6.83. The minimum atomic E-state index is -0.0533. The maximum Gasteiger partial charge on any atom is 0.308 e. The van der Waals surface area contributed by atoms with Gasteiger partial charge in [-0.05, 0) is 49.4 Å². The number of ether oxygens (including phenoxy) is 2. The monoisotopic (exact) mass is 252 g/mol. The predicted octanol–water partition coefficient (Wildman–Crippen LogP) is 1.63. The standard InChI is InChI=1S/C14H20O4/c1-17-13(15)9-4-3-8-10-5-7(12(8)9)6-11(10)14(16)18-2/h7-12H,3-6H2,1-2H3. The summed E-state index contributed by atoms with van der Waals surface area (Å²) in [5, 5.41) is 0. The second-order valence-electron chi connectivity index (χ2n) is 5.97. The molecule has 3 fully saturated rings. The van der Waals surface area contributed by atoms with Gasteiger partial charge in [-0.2, -0.15) is 0 Å². The lowest BCUT2D eigenvalue weighted by Crippen LogP contribution is -2.34. The maximum absolute atomic E-state index is 11.8. The second kappa shape index (κ2) is 4.25. The summed E-state index contributed by atoms with van der Waals surface area (Å²) in [7, 11) is 2.94. The molecule has 0 aromatic rings. The highest BCUT2D eigenvalue weighted by molar-refractivity contribution is 5.75. The average Bonchev–Trinajstić information content (AvgIpc) is 3.06. The molecule has 4 heteroatoms. The van der Waals surface area contributed by atoms with Crippen LogP contribution in [0, 0.1) is 35.5 Å². The van der Waals surface area contributed by atoms with Crippen molar-refractivity contribution in [1.29, 1.82) is 0 Å². The van der Waals surface area contributed by atoms with Crippen LogP contribution in [0.2, 0.25) is 0 Å². The molecule has 3 saturated carbocycles. The molecule has 6 unspecified atom stereocenters. The number of methoxy groups -OCH3 is 2. The average molecular weight is 252 g/mol. The van der Waals surface area contributed by atoms with E-state index in [1.807, 2.05) is 0 Å². The summed E-state index contributed by atoms with van der Waals surface area (Å²) < 4.78 is 9.82. The van der Waals surface area contributed by atoms with E-state index < -0.39 is 0 Å². The van der Waals surface area contributed by atoms with Gasteiger partial charge in [0, 0.05) is 0 Å². The van der Waals surface area contributed by atoms with Gasteiger partial charge in [0.2, 0.25) is 0 Å². The molecule has 0 saturated heterocycles. The van der Waals surface area contributed by atoms with E-state index >= 15 is 0 Å². The lowest BCUT2D eigenvalue weighted by atomic mass is 9.73. The lowest BCUT2D eigenvalue weighted by molar-refractivity contribution is -0.149. The number of carbonyl (C=O) groups is 2. The van der Waals surface area contributed by atoms with Crippen LogP contribution >= 0.6 is 0 Å². The van der Waals surface area contributed by atoms with Crippen molar-refractivity contribution in [2.45, 2.75) is 25.7 Å². The Bertz CT molecular complexity index is 378. The van der Waals surface area contributed by atoms with Gasteiger partial charge in [0.25, 0.3) is 0 Å². The molecule has 0 N–H and O–H groups in total. The molecule has 0 radical (unpaired) electrons. The molecule has 2 bridgehead atoms. The second-order valence-corrected chi connectivity index (χ2v) is 5.97. The van der Waals surface area contributed by atoms with Crippen LogP contribution < -0.4 is 0 Å². The molecule has 3 aliphatic rings. The van der Waals surface area contributed by atoms with Crippen LogP contribution in [0.1, 0.15) is 25.7 Å². The van der Waals surface area contributed by atoms with E-state index in [1.165, 1.54) is 14.2 Å². The Morgan fingerprint density at radius 2 is 1.56 bits per heavy atom. The normalized spacial score (nSPS) is 44.8. The summed E-state index contributed by atoms with van der Waals surface area (Å²) in [5.74, 6) is 2.02. The summed E-state index contributed by atoms with van der Waals surface area (Å²) in [4.78, 5) is 23.5. The van der Waals surface area contributed by atoms with E-state index in [4.69, 9.17) is 9.47 Å². The highest BCUT2D eigenvalue weighted by atomic mass is 16.5. The molecule has 4 nitrogen and oxygen atoms in total. The number of hydrogen-bond donors (Lipinski definition) is 0. The van der Waals surface area contributed by atoms with E-state index in [0.29, 0.717) is 23.7 Å². The van der Waals surface area contributed by atoms with Crippen molar-refractivity contribution in [3.8, 4) is 0 Å². The Morgan fingerprint density at radius 1 is 0.889 bits per heavy atom. The van der Waals surface area contributed by atoms with Crippen molar-refractivity contribution >= 4 is 11.9 Å². The van der Waals surface area contributed by atoms with Crippen molar-refractivity contribution in [2.75, 3.05) is 14.2 Å². The topological polar surface area (TPSA) is 52.6 Å². The molecule has 0 spiro atoms. The first-order valence-corrected chi connectivity index (χ1v) is 6.83. The van der Waals surface area contributed by atoms with Crippen LogP contribution in [0.4, 0.5) is 0 Å². The van der Waals surface area contributed by atoms with Gasteiger partial charge in [-0.25, -0.2) is 0 Å². The Hall–Kier alpha value is -1.06. The Balaban J connectivity index is 1.77. The zero-order valence-electron chi connectivity index (χ0n) is 10.9. The fraction of sp³-hybridized carbons (Fsp3) is 0.857. The molecule has 0 aliphatic heterocycles. The third kappa shape index (κ3) is 1.50. The summed E-state index contributed by atoms with van der Waals surface area (Å²) in [5.41, 5.74) is 0. The minimum Gasteiger partial charge on any atom is -0.469 e. The van der Waals surface area contributed by atoms with Gasteiger partial charge in [0.15, 0.2) is 0 Å². The van der Waals surface area contributed by atoms with Crippen LogP contribution in [0.15, 0.2) is 0 Å². The van der Waals surface area contributed by atoms with Gasteiger partial charge in [-0.3, -0.25) is 9.59 Å². The maximum atomic E-state index is 11.8. The number of carbonyl (C=O) groups excluding carboxylic acids is 2. The van der Waals surface area contributed by atoms with E-state index in [-0.39, 0.29) is 23.8 Å². The van der Waals surface area contributed by atoms with Gasteiger partial charge in [-0.1, -0.05) is 0 Å². The number of rotatable bonds is 2. The van der Waals surface area contributed by atoms with Crippen LogP contribution in [0.3, 0.4) is 0 Å². The fourth-order valence-corrected chi connectivity index (χ4v) is 4.98. The smallest absolute Gasteiger partial charge is 0.308 e. The van der Waals surface area contributed by atoms with Crippen LogP contribution in [0.5, 0.6) is 0 Å². The third-order valence-corrected chi connectivity index (χ3v) is 5.52. The first kappa shape index (κ1) is 12.0. The van der Waals surface area contributed by atoms with E-state index in [1.54, 1.807) is 0 Å². The van der Waals surface area contributed by atoms with Crippen molar-refractivity contribution in [1.82, 2.24) is 0 Å². The van der Waals surface area contributed by atoms with Gasteiger partial charge in [-0.15, -0.1) is 0 Å². The molecule has 0 amide bonds. The Labute approximate surface area is 107 Å². The van der Waals surface area contributed by atoms with E-state index in [2.05, 4.69) is 0 Å². The molecule has 18 heavy (non-hydrogen) atoms. The van der Waals surface area contributed by atoms with Crippen LogP contribution in [-0.2, 0) is 19.1 Å². The Morgan fingerprint density at radius 3 is 2.22 bits per heavy atom. The highest BCUT2D eigenvalue weighted by Gasteiger charge is 2.60. The zero-order valence-corrected chi connectivity index (χ0v) is 10.9. The highest BCUT2D eigenvalue weighted by Crippen LogP contribution is 2.63. The van der Waals surface area contributed by atoms with Gasteiger partial charge < -0.3 is 9.47 Å². The molecule has 100 valence electrons. The summed E-state index contributed by atoms with van der Waals surface area (Å²) in [6.45, 7) is 0. The number of esters is 2. The molecule has 0 aromatic heterocycles. The van der Waals surface area contributed by atoms with Crippen LogP contribution in [-0.4, -0.2) is 26.2 Å². The molecule has 0 aromatic carbocycles. The van der Waals surface area contributed by atoms with Crippen molar-refractivity contribution in [3.63, 3.8) is 0 Å². The van der Waals surface area contributed by atoms with Gasteiger partial charge >= 0.3 is 11.9 Å². The molecule has 3 rings (SSSR count). The predicted molar refractivity (Wildman–Crippen MR) is 63.4 cm³/mol. The van der Waals surface area contributed by atoms with Gasteiger partial charge in [0.05, 0.1) is 26.1 Å². The van der Waals surface area contributed by atoms with Crippen molar-refractivity contribution < 1.29 is 19.1 Å². The van der Waals surface area contributed by atoms with Crippen LogP contribution in [0.25, 0.3) is 0 Å². The van der Waals surface area contributed by atoms with Crippen molar-refractivity contribution in [3.05, 3.63) is 0 Å². The minimum absolute atomic E-state index is 0.0512. The summed E-state index contributed by atoms with van der Waals surface area (Å²) in [6, 6.07) is 0. The molecular formula is C14H20O4. The third-order valence-electron chi connectivity index (χ3n) is 5.52. The molecular weight excluding hydrogens is 232 g/mol. The quantitative estimate of drug-likeness (QED) is 0.701. The first-order chi connectivity index (χ1) is 8.67. The fourth-order valence-electron chi connectivity index (χ4n) is 4.98. The zero-order chi connectivity index (χ0) is 12.9. The SMILES string of the molecule is COC(=O)C1CC2CC1C1CCC(C(=O)OC)C21. The van der Waals surface area contributed by atoms with E-state index in [9.17, 15) is 9.59 Å². The number of fused-ring (bicyclic) bond motifs is 5. The van der Waals surface area contributed by atoms with Gasteiger partial charge in [0.1, 0.15) is 0 Å².